The Morgan fingerprint density at radius 1 is 0.655 bits per heavy atom. The van der Waals surface area contributed by atoms with E-state index in [1.807, 2.05) is 0 Å². The molecular weight excluding hydrogens is 482 g/mol. The van der Waals surface area contributed by atoms with Crippen LogP contribution in [0.1, 0.15) is 16.7 Å². The number of phenolic OH excluding ortho intramolecular Hbond substituents is 2. The molecule has 0 amide bonds. The second-order valence-electron chi connectivity index (χ2n) is 6.03. The molecular formula is C19H12Cl4O5S. The predicted molar refractivity (Wildman–Crippen MR) is 114 cm³/mol. The number of aromatic hydroxyl groups is 2. The molecule has 0 aromatic heterocycles. The van der Waals surface area contributed by atoms with E-state index in [-0.39, 0.29) is 36.8 Å². The average Bonchev–Trinajstić information content (AvgIpc) is 2.64. The predicted octanol–water partition coefficient (Wildman–Crippen LogP) is 5.89. The maximum atomic E-state index is 13.0. The smallest absolute Gasteiger partial charge is 0.283 e. The normalized spacial score (nSPS) is 12.2. The van der Waals surface area contributed by atoms with Crippen LogP contribution in [0.2, 0.25) is 20.1 Å². The Morgan fingerprint density at radius 2 is 1.03 bits per heavy atom. The molecule has 0 bridgehead atoms. The molecule has 0 aliphatic heterocycles. The van der Waals surface area contributed by atoms with Gasteiger partial charge in [0.05, 0.1) is 20.1 Å². The zero-order valence-electron chi connectivity index (χ0n) is 14.3. The SMILES string of the molecule is O=S(=O)(O)C(c1cccc(O)c1Cl)(c1cccc(O)c1Cl)c1cccc(Cl)c1Cl. The van der Waals surface area contributed by atoms with E-state index in [2.05, 4.69) is 0 Å². The molecule has 0 radical (unpaired) electrons. The lowest BCUT2D eigenvalue weighted by Crippen LogP contribution is -2.39. The van der Waals surface area contributed by atoms with Gasteiger partial charge in [0.25, 0.3) is 10.1 Å². The van der Waals surface area contributed by atoms with Crippen molar-refractivity contribution in [2.75, 3.05) is 0 Å². The first-order valence-corrected chi connectivity index (χ1v) is 10.9. The van der Waals surface area contributed by atoms with Gasteiger partial charge in [-0.05, 0) is 18.2 Å². The average molecular weight is 494 g/mol. The summed E-state index contributed by atoms with van der Waals surface area (Å²) in [4.78, 5) is 0. The molecule has 29 heavy (non-hydrogen) atoms. The number of halogens is 4. The lowest BCUT2D eigenvalue weighted by Gasteiger charge is -2.34. The van der Waals surface area contributed by atoms with Crippen LogP contribution in [0.15, 0.2) is 54.6 Å². The minimum atomic E-state index is -5.14. The Balaban J connectivity index is 2.68. The third kappa shape index (κ3) is 3.44. The van der Waals surface area contributed by atoms with Crippen molar-refractivity contribution in [3.05, 3.63) is 91.4 Å². The fraction of sp³-hybridized carbons (Fsp3) is 0.0526. The Hall–Kier alpha value is -1.67. The van der Waals surface area contributed by atoms with E-state index in [1.54, 1.807) is 0 Å². The minimum absolute atomic E-state index is 0.00439. The Bertz CT molecular complexity index is 1090. The molecule has 0 fully saturated rings. The van der Waals surface area contributed by atoms with Crippen LogP contribution in [-0.2, 0) is 14.9 Å². The highest BCUT2D eigenvalue weighted by Gasteiger charge is 2.52. The van der Waals surface area contributed by atoms with Crippen LogP contribution < -0.4 is 0 Å². The quantitative estimate of drug-likeness (QED) is 0.311. The van der Waals surface area contributed by atoms with Crippen molar-refractivity contribution in [1.82, 2.24) is 0 Å². The minimum Gasteiger partial charge on any atom is -0.506 e. The third-order valence-corrected chi connectivity index (χ3v) is 7.48. The van der Waals surface area contributed by atoms with Gasteiger partial charge in [0.15, 0.2) is 4.75 Å². The van der Waals surface area contributed by atoms with Gasteiger partial charge < -0.3 is 10.2 Å². The van der Waals surface area contributed by atoms with E-state index >= 15 is 0 Å². The van der Waals surface area contributed by atoms with Crippen molar-refractivity contribution in [2.24, 2.45) is 0 Å². The first-order chi connectivity index (χ1) is 13.5. The summed E-state index contributed by atoms with van der Waals surface area (Å²) in [5.41, 5.74) is -0.647. The monoisotopic (exact) mass is 492 g/mol. The van der Waals surface area contributed by atoms with Gasteiger partial charge in [-0.25, -0.2) is 0 Å². The van der Waals surface area contributed by atoms with Crippen LogP contribution in [0, 0.1) is 0 Å². The molecule has 0 aliphatic rings. The van der Waals surface area contributed by atoms with Gasteiger partial charge in [-0.15, -0.1) is 0 Å². The molecule has 3 rings (SSSR count). The van der Waals surface area contributed by atoms with Gasteiger partial charge in [0.1, 0.15) is 11.5 Å². The fourth-order valence-corrected chi connectivity index (χ4v) is 5.70. The molecule has 0 spiro atoms. The summed E-state index contributed by atoms with van der Waals surface area (Å²) in [5.74, 6) is -0.877. The summed E-state index contributed by atoms with van der Waals surface area (Å²) in [6, 6.07) is 11.9. The molecule has 152 valence electrons. The number of benzene rings is 3. The first kappa shape index (κ1) is 22.0. The van der Waals surface area contributed by atoms with E-state index in [4.69, 9.17) is 46.4 Å². The molecule has 0 saturated heterocycles. The van der Waals surface area contributed by atoms with Gasteiger partial charge >= 0.3 is 0 Å². The largest absolute Gasteiger partial charge is 0.506 e. The van der Waals surface area contributed by atoms with Crippen LogP contribution in [0.5, 0.6) is 11.5 Å². The number of hydrogen-bond donors (Lipinski definition) is 3. The van der Waals surface area contributed by atoms with E-state index in [0.29, 0.717) is 0 Å². The standard InChI is InChI=1S/C19H12Cl4O5S/c20-13-7-1-4-10(16(13)21)19(29(26,27)28,11-5-2-8-14(24)17(11)22)12-6-3-9-15(25)18(12)23/h1-9,24-25H,(H,26,27,28). The molecule has 3 aromatic rings. The Labute approximate surface area is 186 Å². The van der Waals surface area contributed by atoms with E-state index < -0.39 is 26.4 Å². The van der Waals surface area contributed by atoms with Gasteiger partial charge in [-0.3, -0.25) is 4.55 Å². The number of phenols is 2. The van der Waals surface area contributed by atoms with Gasteiger partial charge in [-0.2, -0.15) is 8.42 Å². The maximum Gasteiger partial charge on any atom is 0.283 e. The number of hydrogen-bond acceptors (Lipinski definition) is 4. The van der Waals surface area contributed by atoms with E-state index in [9.17, 15) is 23.2 Å². The van der Waals surface area contributed by atoms with Gasteiger partial charge in [-0.1, -0.05) is 82.8 Å². The molecule has 0 unspecified atom stereocenters. The van der Waals surface area contributed by atoms with Crippen molar-refractivity contribution >= 4 is 56.5 Å². The van der Waals surface area contributed by atoms with Crippen LogP contribution in [0.25, 0.3) is 0 Å². The Kier molecular flexibility index (Phi) is 5.98. The Morgan fingerprint density at radius 3 is 1.45 bits per heavy atom. The highest BCUT2D eigenvalue weighted by molar-refractivity contribution is 7.87. The fourth-order valence-electron chi connectivity index (χ4n) is 3.21. The molecule has 0 atom stereocenters. The molecule has 3 aromatic carbocycles. The number of rotatable bonds is 4. The van der Waals surface area contributed by atoms with Crippen molar-refractivity contribution < 1.29 is 23.2 Å². The van der Waals surface area contributed by atoms with E-state index in [1.165, 1.54) is 54.6 Å². The topological polar surface area (TPSA) is 94.8 Å². The zero-order chi connectivity index (χ0) is 21.6. The van der Waals surface area contributed by atoms with E-state index in [0.717, 1.165) is 0 Å². The molecule has 3 N–H and O–H groups in total. The lowest BCUT2D eigenvalue weighted by atomic mass is 9.83. The van der Waals surface area contributed by atoms with Crippen LogP contribution in [-0.4, -0.2) is 23.2 Å². The molecule has 10 heteroatoms. The summed E-state index contributed by atoms with van der Waals surface area (Å²) in [6.45, 7) is 0. The van der Waals surface area contributed by atoms with Crippen molar-refractivity contribution in [2.45, 2.75) is 4.75 Å². The summed E-state index contributed by atoms with van der Waals surface area (Å²) >= 11 is 25.0. The highest BCUT2D eigenvalue weighted by Crippen LogP contribution is 2.53. The molecule has 0 heterocycles. The molecule has 0 saturated carbocycles. The lowest BCUT2D eigenvalue weighted by molar-refractivity contribution is 0.455. The zero-order valence-corrected chi connectivity index (χ0v) is 18.1. The summed E-state index contributed by atoms with van der Waals surface area (Å²) < 4.78 is 34.0. The van der Waals surface area contributed by atoms with Gasteiger partial charge in [0.2, 0.25) is 0 Å². The van der Waals surface area contributed by atoms with Crippen LogP contribution in [0.4, 0.5) is 0 Å². The second kappa shape index (κ2) is 7.87. The summed E-state index contributed by atoms with van der Waals surface area (Å²) in [7, 11) is -5.14. The third-order valence-electron chi connectivity index (χ3n) is 4.43. The van der Waals surface area contributed by atoms with Crippen LogP contribution >= 0.6 is 46.4 Å². The molecule has 5 nitrogen and oxygen atoms in total. The van der Waals surface area contributed by atoms with Gasteiger partial charge in [0, 0.05) is 16.7 Å². The van der Waals surface area contributed by atoms with Crippen molar-refractivity contribution in [1.29, 1.82) is 0 Å². The first-order valence-electron chi connectivity index (χ1n) is 7.91. The van der Waals surface area contributed by atoms with Crippen molar-refractivity contribution in [3.8, 4) is 11.5 Å². The van der Waals surface area contributed by atoms with Crippen LogP contribution in [0.3, 0.4) is 0 Å². The maximum absolute atomic E-state index is 13.0. The summed E-state index contributed by atoms with van der Waals surface area (Å²) in [5, 5.41) is 19.3. The second-order valence-corrected chi connectivity index (χ2v) is 9.14. The highest BCUT2D eigenvalue weighted by atomic mass is 35.5. The van der Waals surface area contributed by atoms with Crippen molar-refractivity contribution in [3.63, 3.8) is 0 Å². The summed E-state index contributed by atoms with van der Waals surface area (Å²) in [6.07, 6.45) is 0. The molecule has 0 aliphatic carbocycles.